The highest BCUT2D eigenvalue weighted by Crippen LogP contribution is 2.30. The zero-order valence-electron chi connectivity index (χ0n) is 13.3. The Labute approximate surface area is 127 Å². The van der Waals surface area contributed by atoms with Crippen LogP contribution in [0.1, 0.15) is 36.6 Å². The Bertz CT molecular complexity index is 483. The predicted molar refractivity (Wildman–Crippen MR) is 83.1 cm³/mol. The molecular formula is C16H27N3O2. The molecule has 0 radical (unpaired) electrons. The van der Waals surface area contributed by atoms with E-state index in [0.29, 0.717) is 23.2 Å². The van der Waals surface area contributed by atoms with Crippen LogP contribution in [0.3, 0.4) is 0 Å². The molecule has 1 aliphatic heterocycles. The largest absolute Gasteiger partial charge is 0.506 e. The molecule has 0 saturated carbocycles. The lowest BCUT2D eigenvalue weighted by atomic mass is 9.80. The van der Waals surface area contributed by atoms with Crippen molar-refractivity contribution in [3.05, 3.63) is 23.0 Å². The second-order valence-electron chi connectivity index (χ2n) is 6.57. The van der Waals surface area contributed by atoms with Crippen molar-refractivity contribution in [2.75, 3.05) is 26.7 Å². The average Bonchev–Trinajstić information content (AvgIpc) is 2.47. The molecule has 0 aliphatic carbocycles. The summed E-state index contributed by atoms with van der Waals surface area (Å²) < 4.78 is 0. The highest BCUT2D eigenvalue weighted by atomic mass is 16.3. The summed E-state index contributed by atoms with van der Waals surface area (Å²) >= 11 is 0. The fraction of sp³-hybridized carbons (Fsp3) is 0.688. The monoisotopic (exact) mass is 293 g/mol. The minimum atomic E-state index is -0.0973. The molecule has 3 N–H and O–H groups in total. The first kappa shape index (κ1) is 16.2. The summed E-state index contributed by atoms with van der Waals surface area (Å²) in [5, 5.41) is 23.0. The molecule has 1 saturated heterocycles. The maximum absolute atomic E-state index is 10.1. The number of pyridine rings is 1. The summed E-state index contributed by atoms with van der Waals surface area (Å²) in [6, 6.07) is 0. The molecule has 1 aliphatic rings. The predicted octanol–water partition coefficient (Wildman–Crippen LogP) is 1.41. The van der Waals surface area contributed by atoms with Crippen LogP contribution in [0.5, 0.6) is 5.75 Å². The standard InChI is InChI=1S/C16H27N3O2/c1-12-15(21)14(13(10-20)8-18-12)9-17-11-16(2)4-6-19(3)7-5-16/h8,17,20-21H,4-7,9-11H2,1-3H3. The van der Waals surface area contributed by atoms with Crippen molar-refractivity contribution in [2.45, 2.75) is 39.8 Å². The van der Waals surface area contributed by atoms with Gasteiger partial charge in [0.15, 0.2) is 0 Å². The molecular weight excluding hydrogens is 266 g/mol. The minimum Gasteiger partial charge on any atom is -0.506 e. The Morgan fingerprint density at radius 2 is 2.05 bits per heavy atom. The average molecular weight is 293 g/mol. The molecule has 2 rings (SSSR count). The lowest BCUT2D eigenvalue weighted by Crippen LogP contribution is -2.41. The number of hydrogen-bond acceptors (Lipinski definition) is 5. The third-order valence-corrected chi connectivity index (χ3v) is 4.65. The number of rotatable bonds is 5. The number of aromatic hydroxyl groups is 1. The molecule has 0 aromatic carbocycles. The molecule has 118 valence electrons. The van der Waals surface area contributed by atoms with Crippen molar-refractivity contribution in [1.82, 2.24) is 15.2 Å². The maximum atomic E-state index is 10.1. The van der Waals surface area contributed by atoms with Gasteiger partial charge in [-0.15, -0.1) is 0 Å². The van der Waals surface area contributed by atoms with Gasteiger partial charge in [-0.3, -0.25) is 4.98 Å². The third kappa shape index (κ3) is 3.93. The molecule has 0 atom stereocenters. The van der Waals surface area contributed by atoms with Gasteiger partial charge in [0.05, 0.1) is 12.3 Å². The van der Waals surface area contributed by atoms with E-state index < -0.39 is 0 Å². The van der Waals surface area contributed by atoms with Crippen LogP contribution < -0.4 is 5.32 Å². The molecule has 0 spiro atoms. The van der Waals surface area contributed by atoms with Crippen LogP contribution in [0.2, 0.25) is 0 Å². The van der Waals surface area contributed by atoms with Crippen molar-refractivity contribution >= 4 is 0 Å². The van der Waals surface area contributed by atoms with Crippen LogP contribution in [0.4, 0.5) is 0 Å². The first-order chi connectivity index (χ1) is 9.95. The molecule has 2 heterocycles. The van der Waals surface area contributed by atoms with E-state index in [4.69, 9.17) is 0 Å². The number of hydrogen-bond donors (Lipinski definition) is 3. The molecule has 1 aromatic heterocycles. The quantitative estimate of drug-likeness (QED) is 0.766. The van der Waals surface area contributed by atoms with E-state index in [1.807, 2.05) is 0 Å². The van der Waals surface area contributed by atoms with E-state index in [2.05, 4.69) is 29.2 Å². The topological polar surface area (TPSA) is 68.6 Å². The van der Waals surface area contributed by atoms with Crippen LogP contribution in [-0.4, -0.2) is 46.8 Å². The molecule has 5 heteroatoms. The fourth-order valence-corrected chi connectivity index (χ4v) is 2.84. The second kappa shape index (κ2) is 6.73. The van der Waals surface area contributed by atoms with Gasteiger partial charge in [0.1, 0.15) is 5.75 Å². The van der Waals surface area contributed by atoms with Crippen molar-refractivity contribution < 1.29 is 10.2 Å². The van der Waals surface area contributed by atoms with E-state index in [-0.39, 0.29) is 12.4 Å². The van der Waals surface area contributed by atoms with Gasteiger partial charge in [-0.05, 0) is 45.3 Å². The highest BCUT2D eigenvalue weighted by Gasteiger charge is 2.28. The normalized spacial score (nSPS) is 18.9. The van der Waals surface area contributed by atoms with Gasteiger partial charge in [0.2, 0.25) is 0 Å². The molecule has 0 bridgehead atoms. The summed E-state index contributed by atoms with van der Waals surface area (Å²) in [6.45, 7) is 7.76. The van der Waals surface area contributed by atoms with Crippen LogP contribution in [-0.2, 0) is 13.2 Å². The van der Waals surface area contributed by atoms with Gasteiger partial charge < -0.3 is 20.4 Å². The smallest absolute Gasteiger partial charge is 0.141 e. The molecule has 0 amide bonds. The van der Waals surface area contributed by atoms with Gasteiger partial charge in [-0.1, -0.05) is 6.92 Å². The van der Waals surface area contributed by atoms with Gasteiger partial charge in [-0.2, -0.15) is 0 Å². The number of aliphatic hydroxyl groups excluding tert-OH is 1. The molecule has 21 heavy (non-hydrogen) atoms. The number of nitrogens with zero attached hydrogens (tertiary/aromatic N) is 2. The Kier molecular flexibility index (Phi) is 5.19. The Morgan fingerprint density at radius 3 is 2.67 bits per heavy atom. The van der Waals surface area contributed by atoms with Crippen molar-refractivity contribution in [2.24, 2.45) is 5.41 Å². The van der Waals surface area contributed by atoms with Crippen LogP contribution in [0.25, 0.3) is 0 Å². The lowest BCUT2D eigenvalue weighted by molar-refractivity contribution is 0.136. The van der Waals surface area contributed by atoms with Gasteiger partial charge in [0, 0.05) is 30.4 Å². The van der Waals surface area contributed by atoms with Crippen molar-refractivity contribution in [3.63, 3.8) is 0 Å². The van der Waals surface area contributed by atoms with Crippen LogP contribution >= 0.6 is 0 Å². The highest BCUT2D eigenvalue weighted by molar-refractivity contribution is 5.40. The molecule has 1 fully saturated rings. The molecule has 5 nitrogen and oxygen atoms in total. The van der Waals surface area contributed by atoms with Crippen LogP contribution in [0, 0.1) is 12.3 Å². The van der Waals surface area contributed by atoms with Crippen molar-refractivity contribution in [1.29, 1.82) is 0 Å². The lowest BCUT2D eigenvalue weighted by Gasteiger charge is -2.38. The number of piperidine rings is 1. The van der Waals surface area contributed by atoms with Crippen molar-refractivity contribution in [3.8, 4) is 5.75 Å². The summed E-state index contributed by atoms with van der Waals surface area (Å²) in [4.78, 5) is 6.45. The number of aliphatic hydroxyl groups is 1. The van der Waals surface area contributed by atoms with E-state index in [1.54, 1.807) is 13.1 Å². The SMILES string of the molecule is Cc1ncc(CO)c(CNCC2(C)CCN(C)CC2)c1O. The van der Waals surface area contributed by atoms with Gasteiger partial charge >= 0.3 is 0 Å². The van der Waals surface area contributed by atoms with E-state index in [9.17, 15) is 10.2 Å². The molecule has 1 aromatic rings. The Morgan fingerprint density at radius 1 is 1.38 bits per heavy atom. The number of aromatic nitrogens is 1. The van der Waals surface area contributed by atoms with E-state index >= 15 is 0 Å². The summed E-state index contributed by atoms with van der Waals surface area (Å²) in [5.74, 6) is 0.197. The number of aryl methyl sites for hydroxylation is 1. The summed E-state index contributed by atoms with van der Waals surface area (Å²) in [7, 11) is 2.16. The fourth-order valence-electron chi connectivity index (χ4n) is 2.84. The summed E-state index contributed by atoms with van der Waals surface area (Å²) in [6.07, 6.45) is 4.01. The van der Waals surface area contributed by atoms with E-state index in [1.165, 1.54) is 12.8 Å². The zero-order valence-corrected chi connectivity index (χ0v) is 13.3. The van der Waals surface area contributed by atoms with Crippen LogP contribution in [0.15, 0.2) is 6.20 Å². The van der Waals surface area contributed by atoms with E-state index in [0.717, 1.165) is 25.2 Å². The van der Waals surface area contributed by atoms with Gasteiger partial charge in [0.25, 0.3) is 0 Å². The maximum Gasteiger partial charge on any atom is 0.141 e. The first-order valence-corrected chi connectivity index (χ1v) is 7.61. The first-order valence-electron chi connectivity index (χ1n) is 7.61. The molecule has 0 unspecified atom stereocenters. The zero-order chi connectivity index (χ0) is 15.5. The number of likely N-dealkylation sites (tertiary alicyclic amines) is 1. The second-order valence-corrected chi connectivity index (χ2v) is 6.57. The summed E-state index contributed by atoms with van der Waals surface area (Å²) in [5.41, 5.74) is 2.37. The van der Waals surface area contributed by atoms with Gasteiger partial charge in [-0.25, -0.2) is 0 Å². The Hall–Kier alpha value is -1.17. The number of nitrogens with one attached hydrogen (secondary N) is 1. The minimum absolute atomic E-state index is 0.0973. The Balaban J connectivity index is 1.96. The third-order valence-electron chi connectivity index (χ3n) is 4.65.